The molecular weight excluding hydrogens is 382 g/mol. The first-order valence-corrected chi connectivity index (χ1v) is 10.5. The van der Waals surface area contributed by atoms with Gasteiger partial charge in [-0.3, -0.25) is 9.36 Å². The number of fused-ring (bicyclic) bond motifs is 3. The van der Waals surface area contributed by atoms with E-state index in [1.54, 1.807) is 18.6 Å². The van der Waals surface area contributed by atoms with Gasteiger partial charge < -0.3 is 0 Å². The maximum atomic E-state index is 13.4. The van der Waals surface area contributed by atoms with E-state index < -0.39 is 0 Å². The third kappa shape index (κ3) is 3.77. The van der Waals surface area contributed by atoms with Crippen LogP contribution < -0.4 is 5.56 Å². The van der Waals surface area contributed by atoms with Crippen molar-refractivity contribution in [1.82, 2.24) is 14.5 Å². The molecule has 0 radical (unpaired) electrons. The van der Waals surface area contributed by atoms with Crippen molar-refractivity contribution in [3.05, 3.63) is 81.6 Å². The molecule has 2 heterocycles. The first-order chi connectivity index (χ1) is 14.1. The Morgan fingerprint density at radius 3 is 2.52 bits per heavy atom. The van der Waals surface area contributed by atoms with Gasteiger partial charge in [-0.1, -0.05) is 62.2 Å². The molecule has 0 fully saturated rings. The fourth-order valence-electron chi connectivity index (χ4n) is 4.06. The van der Waals surface area contributed by atoms with Crippen LogP contribution in [-0.2, 0) is 6.42 Å². The van der Waals surface area contributed by atoms with E-state index >= 15 is 0 Å². The molecule has 29 heavy (non-hydrogen) atoms. The van der Waals surface area contributed by atoms with E-state index in [2.05, 4.69) is 24.9 Å². The van der Waals surface area contributed by atoms with Gasteiger partial charge in [-0.2, -0.15) is 0 Å². The Balaban J connectivity index is 1.93. The monoisotopic (exact) mass is 405 g/mol. The Bertz CT molecular complexity index is 1210. The molecule has 148 valence electrons. The van der Waals surface area contributed by atoms with Crippen LogP contribution in [0.1, 0.15) is 50.3 Å². The van der Waals surface area contributed by atoms with Gasteiger partial charge in [0, 0.05) is 17.6 Å². The molecule has 0 bridgehead atoms. The fourth-order valence-corrected chi connectivity index (χ4v) is 4.17. The number of hydrogen-bond donors (Lipinski definition) is 0. The van der Waals surface area contributed by atoms with Gasteiger partial charge in [0.1, 0.15) is 5.15 Å². The minimum atomic E-state index is 0.0385. The average molecular weight is 406 g/mol. The van der Waals surface area contributed by atoms with E-state index in [4.69, 9.17) is 16.6 Å². The summed E-state index contributed by atoms with van der Waals surface area (Å²) in [4.78, 5) is 22.3. The van der Waals surface area contributed by atoms with Crippen molar-refractivity contribution >= 4 is 33.3 Å². The zero-order valence-electron chi connectivity index (χ0n) is 16.7. The van der Waals surface area contributed by atoms with Crippen molar-refractivity contribution in [2.24, 2.45) is 0 Å². The molecule has 1 atom stereocenters. The summed E-state index contributed by atoms with van der Waals surface area (Å²) >= 11 is 5.93. The lowest BCUT2D eigenvalue weighted by molar-refractivity contribution is 0.433. The highest BCUT2D eigenvalue weighted by atomic mass is 35.5. The minimum absolute atomic E-state index is 0.0385. The molecule has 2 aromatic heterocycles. The van der Waals surface area contributed by atoms with Gasteiger partial charge in [0.15, 0.2) is 0 Å². The second-order valence-corrected chi connectivity index (χ2v) is 7.84. The molecule has 4 aromatic rings. The third-order valence-electron chi connectivity index (χ3n) is 5.55. The summed E-state index contributed by atoms with van der Waals surface area (Å²) in [5.41, 5.74) is 2.96. The Labute approximate surface area is 175 Å². The van der Waals surface area contributed by atoms with Gasteiger partial charge in [-0.15, -0.1) is 0 Å². The van der Waals surface area contributed by atoms with Gasteiger partial charge in [0.2, 0.25) is 0 Å². The standard InChI is InChI=1S/C24H24ClN3O/c1-3-7-18(4-2)28-15-27-23-20-9-6-5-8-19(20)17(13-21(23)24(28)29)12-16-10-11-22(25)26-14-16/h5-6,8-11,13-15,18H,3-4,7,12H2,1-2H3. The van der Waals surface area contributed by atoms with Crippen LogP contribution in [0.4, 0.5) is 0 Å². The lowest BCUT2D eigenvalue weighted by Crippen LogP contribution is -2.25. The lowest BCUT2D eigenvalue weighted by atomic mass is 9.96. The van der Waals surface area contributed by atoms with E-state index in [0.29, 0.717) is 17.0 Å². The summed E-state index contributed by atoms with van der Waals surface area (Å²) in [7, 11) is 0. The van der Waals surface area contributed by atoms with Crippen molar-refractivity contribution in [2.45, 2.75) is 45.6 Å². The van der Waals surface area contributed by atoms with Crippen LogP contribution in [0.15, 0.2) is 59.8 Å². The number of aromatic nitrogens is 3. The molecule has 0 amide bonds. The van der Waals surface area contributed by atoms with Crippen LogP contribution in [0.25, 0.3) is 21.7 Å². The molecule has 0 N–H and O–H groups in total. The van der Waals surface area contributed by atoms with Crippen LogP contribution in [-0.4, -0.2) is 14.5 Å². The van der Waals surface area contributed by atoms with Crippen molar-refractivity contribution in [3.63, 3.8) is 0 Å². The van der Waals surface area contributed by atoms with Crippen molar-refractivity contribution in [1.29, 1.82) is 0 Å². The van der Waals surface area contributed by atoms with Crippen molar-refractivity contribution < 1.29 is 0 Å². The first-order valence-electron chi connectivity index (χ1n) is 10.1. The van der Waals surface area contributed by atoms with Crippen LogP contribution in [0.5, 0.6) is 0 Å². The fraction of sp³-hybridized carbons (Fsp3) is 0.292. The van der Waals surface area contributed by atoms with Crippen molar-refractivity contribution in [3.8, 4) is 0 Å². The minimum Gasteiger partial charge on any atom is -0.296 e. The summed E-state index contributed by atoms with van der Waals surface area (Å²) < 4.78 is 1.81. The summed E-state index contributed by atoms with van der Waals surface area (Å²) in [5, 5.41) is 3.28. The van der Waals surface area contributed by atoms with E-state index in [0.717, 1.165) is 46.7 Å². The predicted octanol–water partition coefficient (Wildman–Crippen LogP) is 5.94. The molecule has 4 nitrogen and oxygen atoms in total. The summed E-state index contributed by atoms with van der Waals surface area (Å²) in [6.45, 7) is 4.27. The normalized spacial score (nSPS) is 12.5. The molecule has 2 aromatic carbocycles. The Morgan fingerprint density at radius 2 is 1.83 bits per heavy atom. The zero-order valence-corrected chi connectivity index (χ0v) is 17.5. The van der Waals surface area contributed by atoms with Gasteiger partial charge in [-0.05, 0) is 47.9 Å². The van der Waals surface area contributed by atoms with E-state index in [-0.39, 0.29) is 11.6 Å². The smallest absolute Gasteiger partial charge is 0.261 e. The highest BCUT2D eigenvalue weighted by molar-refractivity contribution is 6.29. The van der Waals surface area contributed by atoms with Crippen molar-refractivity contribution in [2.75, 3.05) is 0 Å². The highest BCUT2D eigenvalue weighted by Gasteiger charge is 2.15. The molecule has 0 saturated carbocycles. The quantitative estimate of drug-likeness (QED) is 0.294. The molecule has 0 spiro atoms. The number of benzene rings is 2. The van der Waals surface area contributed by atoms with E-state index in [1.165, 1.54) is 0 Å². The number of nitrogens with zero attached hydrogens (tertiary/aromatic N) is 3. The molecular formula is C24H24ClN3O. The van der Waals surface area contributed by atoms with Gasteiger partial charge in [0.25, 0.3) is 5.56 Å². The molecule has 0 aliphatic rings. The zero-order chi connectivity index (χ0) is 20.4. The second-order valence-electron chi connectivity index (χ2n) is 7.45. The molecule has 4 rings (SSSR count). The van der Waals surface area contributed by atoms with Gasteiger partial charge >= 0.3 is 0 Å². The molecule has 0 saturated heterocycles. The maximum Gasteiger partial charge on any atom is 0.261 e. The highest BCUT2D eigenvalue weighted by Crippen LogP contribution is 2.28. The van der Waals surface area contributed by atoms with E-state index in [9.17, 15) is 4.79 Å². The third-order valence-corrected chi connectivity index (χ3v) is 5.77. The van der Waals surface area contributed by atoms with Crippen LogP contribution in [0.2, 0.25) is 5.15 Å². The van der Waals surface area contributed by atoms with Crippen LogP contribution >= 0.6 is 11.6 Å². The average Bonchev–Trinajstić information content (AvgIpc) is 2.75. The van der Waals surface area contributed by atoms with Crippen LogP contribution in [0, 0.1) is 0 Å². The number of rotatable bonds is 6. The van der Waals surface area contributed by atoms with Crippen LogP contribution in [0.3, 0.4) is 0 Å². The second kappa shape index (κ2) is 8.34. The summed E-state index contributed by atoms with van der Waals surface area (Å²) in [6.07, 6.45) is 7.12. The summed E-state index contributed by atoms with van der Waals surface area (Å²) in [6, 6.07) is 14.1. The largest absolute Gasteiger partial charge is 0.296 e. The topological polar surface area (TPSA) is 47.8 Å². The molecule has 5 heteroatoms. The molecule has 1 unspecified atom stereocenters. The molecule has 0 aliphatic heterocycles. The van der Waals surface area contributed by atoms with Gasteiger partial charge in [0.05, 0.1) is 17.2 Å². The van der Waals surface area contributed by atoms with Gasteiger partial charge in [-0.25, -0.2) is 9.97 Å². The SMILES string of the molecule is CCCC(CC)n1cnc2c(cc(Cc3ccc(Cl)nc3)c3ccccc32)c1=O. The number of hydrogen-bond acceptors (Lipinski definition) is 3. The summed E-state index contributed by atoms with van der Waals surface area (Å²) in [5.74, 6) is 0. The predicted molar refractivity (Wildman–Crippen MR) is 120 cm³/mol. The number of halogens is 1. The number of pyridine rings is 1. The Kier molecular flexibility index (Phi) is 5.63. The molecule has 0 aliphatic carbocycles. The Hall–Kier alpha value is -2.72. The Morgan fingerprint density at radius 1 is 1.03 bits per heavy atom. The maximum absolute atomic E-state index is 13.4. The van der Waals surface area contributed by atoms with E-state index in [1.807, 2.05) is 34.9 Å². The lowest BCUT2D eigenvalue weighted by Gasteiger charge is -2.18. The first kappa shape index (κ1) is 19.6.